The van der Waals surface area contributed by atoms with Gasteiger partial charge in [0, 0.05) is 23.4 Å². The van der Waals surface area contributed by atoms with Gasteiger partial charge in [0.05, 0.1) is 5.75 Å². The summed E-state index contributed by atoms with van der Waals surface area (Å²) in [5.74, 6) is 0.759. The molecule has 0 aliphatic heterocycles. The number of amides is 2. The van der Waals surface area contributed by atoms with Gasteiger partial charge in [-0.25, -0.2) is 0 Å². The van der Waals surface area contributed by atoms with E-state index in [4.69, 9.17) is 11.6 Å². The Morgan fingerprint density at radius 3 is 2.38 bits per heavy atom. The Kier molecular flexibility index (Phi) is 9.55. The molecule has 0 unspecified atom stereocenters. The van der Waals surface area contributed by atoms with Gasteiger partial charge in [0.1, 0.15) is 6.04 Å². The minimum atomic E-state index is -0.544. The molecule has 0 saturated heterocycles. The van der Waals surface area contributed by atoms with Crippen LogP contribution in [0.5, 0.6) is 0 Å². The van der Waals surface area contributed by atoms with E-state index in [1.54, 1.807) is 11.8 Å². The van der Waals surface area contributed by atoms with Crippen LogP contribution in [-0.4, -0.2) is 34.6 Å². The number of hydrogen-bond donors (Lipinski definition) is 1. The van der Waals surface area contributed by atoms with Crippen LogP contribution < -0.4 is 5.32 Å². The summed E-state index contributed by atoms with van der Waals surface area (Å²) >= 11 is 7.71. The van der Waals surface area contributed by atoms with Crippen LogP contribution in [0.15, 0.2) is 54.6 Å². The van der Waals surface area contributed by atoms with Gasteiger partial charge < -0.3 is 10.2 Å². The first-order valence-electron chi connectivity index (χ1n) is 9.87. The minimum absolute atomic E-state index is 0.0577. The molecular weight excluding hydrogens is 404 g/mol. The van der Waals surface area contributed by atoms with Crippen LogP contribution in [0, 0.1) is 0 Å². The fourth-order valence-corrected chi connectivity index (χ4v) is 3.97. The first-order valence-corrected chi connectivity index (χ1v) is 11.4. The Hall–Kier alpha value is -1.98. The van der Waals surface area contributed by atoms with E-state index >= 15 is 0 Å². The van der Waals surface area contributed by atoms with Gasteiger partial charge in [0.15, 0.2) is 0 Å². The van der Waals surface area contributed by atoms with Crippen molar-refractivity contribution in [1.29, 1.82) is 0 Å². The summed E-state index contributed by atoms with van der Waals surface area (Å²) < 4.78 is 0. The third-order valence-corrected chi connectivity index (χ3v) is 6.14. The van der Waals surface area contributed by atoms with Gasteiger partial charge in [-0.1, -0.05) is 67.1 Å². The smallest absolute Gasteiger partial charge is 0.242 e. The van der Waals surface area contributed by atoms with E-state index in [0.717, 1.165) is 17.5 Å². The molecule has 2 rings (SSSR count). The molecule has 0 fully saturated rings. The topological polar surface area (TPSA) is 49.4 Å². The molecule has 2 aromatic rings. The first-order chi connectivity index (χ1) is 13.9. The minimum Gasteiger partial charge on any atom is -0.352 e. The Morgan fingerprint density at radius 2 is 1.72 bits per heavy atom. The summed E-state index contributed by atoms with van der Waals surface area (Å²) in [4.78, 5) is 27.3. The van der Waals surface area contributed by atoms with E-state index in [-0.39, 0.29) is 17.9 Å². The number of thioether (sulfide) groups is 1. The molecule has 0 aliphatic rings. The van der Waals surface area contributed by atoms with Crippen LogP contribution in [0.2, 0.25) is 5.02 Å². The molecule has 1 N–H and O–H groups in total. The molecule has 0 aliphatic carbocycles. The highest BCUT2D eigenvalue weighted by Crippen LogP contribution is 2.21. The maximum absolute atomic E-state index is 13.0. The lowest BCUT2D eigenvalue weighted by molar-refractivity contribution is -0.138. The Balaban J connectivity index is 2.05. The molecule has 0 radical (unpaired) electrons. The molecule has 0 spiro atoms. The molecular formula is C23H29ClN2O2S. The fraction of sp³-hybridized carbons (Fsp3) is 0.391. The van der Waals surface area contributed by atoms with Crippen LogP contribution in [-0.2, 0) is 21.9 Å². The van der Waals surface area contributed by atoms with Crippen molar-refractivity contribution in [2.75, 3.05) is 5.75 Å². The maximum atomic E-state index is 13.0. The fourth-order valence-electron chi connectivity index (χ4n) is 2.77. The van der Waals surface area contributed by atoms with Crippen LogP contribution in [0.1, 0.15) is 38.3 Å². The molecule has 4 nitrogen and oxygen atoms in total. The number of nitrogens with zero attached hydrogens (tertiary/aromatic N) is 1. The van der Waals surface area contributed by atoms with E-state index in [2.05, 4.69) is 5.32 Å². The Morgan fingerprint density at radius 1 is 1.07 bits per heavy atom. The zero-order valence-corrected chi connectivity index (χ0v) is 18.8. The van der Waals surface area contributed by atoms with Crippen LogP contribution in [0.3, 0.4) is 0 Å². The molecule has 2 amide bonds. The SMILES string of the molecule is CC[C@@H](C)NC(=O)[C@H](C)N(Cc1ccccc1)C(=O)CSCc1ccccc1Cl. The van der Waals surface area contributed by atoms with E-state index < -0.39 is 6.04 Å². The van der Waals surface area contributed by atoms with Crippen molar-refractivity contribution in [2.45, 2.75) is 51.6 Å². The number of carbonyl (C=O) groups is 2. The van der Waals surface area contributed by atoms with E-state index in [9.17, 15) is 9.59 Å². The predicted molar refractivity (Wildman–Crippen MR) is 122 cm³/mol. The lowest BCUT2D eigenvalue weighted by atomic mass is 10.1. The second-order valence-electron chi connectivity index (χ2n) is 7.09. The predicted octanol–water partition coefficient (Wildman–Crippen LogP) is 4.91. The van der Waals surface area contributed by atoms with Crippen molar-refractivity contribution in [3.63, 3.8) is 0 Å². The normalized spacial score (nSPS) is 12.8. The molecule has 2 atom stereocenters. The summed E-state index contributed by atoms with van der Waals surface area (Å²) in [6.07, 6.45) is 0.846. The van der Waals surface area contributed by atoms with Crippen LogP contribution in [0.25, 0.3) is 0 Å². The average Bonchev–Trinajstić information content (AvgIpc) is 2.73. The number of rotatable bonds is 10. The number of halogens is 1. The molecule has 2 aromatic carbocycles. The lowest BCUT2D eigenvalue weighted by Gasteiger charge is -2.29. The van der Waals surface area contributed by atoms with E-state index in [1.165, 1.54) is 11.8 Å². The van der Waals surface area contributed by atoms with Crippen molar-refractivity contribution in [2.24, 2.45) is 0 Å². The van der Waals surface area contributed by atoms with E-state index in [1.807, 2.05) is 68.4 Å². The van der Waals surface area contributed by atoms with E-state index in [0.29, 0.717) is 23.1 Å². The molecule has 0 aromatic heterocycles. The zero-order chi connectivity index (χ0) is 21.2. The van der Waals surface area contributed by atoms with Gasteiger partial charge in [0.25, 0.3) is 0 Å². The summed E-state index contributed by atoms with van der Waals surface area (Å²) in [5, 5.41) is 3.69. The Labute approximate surface area is 183 Å². The van der Waals surface area contributed by atoms with Crippen LogP contribution >= 0.6 is 23.4 Å². The van der Waals surface area contributed by atoms with Gasteiger partial charge in [-0.15, -0.1) is 11.8 Å². The molecule has 156 valence electrons. The molecule has 29 heavy (non-hydrogen) atoms. The lowest BCUT2D eigenvalue weighted by Crippen LogP contribution is -2.50. The average molecular weight is 433 g/mol. The third-order valence-electron chi connectivity index (χ3n) is 4.81. The van der Waals surface area contributed by atoms with Gasteiger partial charge in [0.2, 0.25) is 11.8 Å². The highest BCUT2D eigenvalue weighted by Gasteiger charge is 2.26. The summed E-state index contributed by atoms with van der Waals surface area (Å²) in [7, 11) is 0. The summed E-state index contributed by atoms with van der Waals surface area (Å²) in [5.41, 5.74) is 2.00. The Bertz CT molecular complexity index is 800. The second kappa shape index (κ2) is 11.9. The summed E-state index contributed by atoms with van der Waals surface area (Å²) in [6, 6.07) is 16.9. The van der Waals surface area contributed by atoms with Crippen molar-refractivity contribution < 1.29 is 9.59 Å². The van der Waals surface area contributed by atoms with Gasteiger partial charge in [-0.3, -0.25) is 9.59 Å². The van der Waals surface area contributed by atoms with Crippen molar-refractivity contribution in [3.05, 3.63) is 70.7 Å². The van der Waals surface area contributed by atoms with Gasteiger partial charge in [-0.05, 0) is 37.5 Å². The summed E-state index contributed by atoms with van der Waals surface area (Å²) in [6.45, 7) is 6.18. The van der Waals surface area contributed by atoms with Gasteiger partial charge in [-0.2, -0.15) is 0 Å². The molecule has 0 bridgehead atoms. The highest BCUT2D eigenvalue weighted by molar-refractivity contribution is 7.99. The first kappa shape index (κ1) is 23.3. The van der Waals surface area contributed by atoms with Crippen molar-refractivity contribution in [3.8, 4) is 0 Å². The quantitative estimate of drug-likeness (QED) is 0.580. The number of carbonyl (C=O) groups excluding carboxylic acids is 2. The maximum Gasteiger partial charge on any atom is 0.242 e. The number of nitrogens with one attached hydrogen (secondary N) is 1. The second-order valence-corrected chi connectivity index (χ2v) is 8.48. The standard InChI is InChI=1S/C23H29ClN2O2S/c1-4-17(2)25-23(28)18(3)26(14-19-10-6-5-7-11-19)22(27)16-29-15-20-12-8-9-13-21(20)24/h5-13,17-18H,4,14-16H2,1-3H3,(H,25,28)/t17-,18+/m1/s1. The number of benzene rings is 2. The van der Waals surface area contributed by atoms with Crippen molar-refractivity contribution in [1.82, 2.24) is 10.2 Å². The largest absolute Gasteiger partial charge is 0.352 e. The number of hydrogen-bond acceptors (Lipinski definition) is 3. The van der Waals surface area contributed by atoms with Gasteiger partial charge >= 0.3 is 0 Å². The monoisotopic (exact) mass is 432 g/mol. The zero-order valence-electron chi connectivity index (χ0n) is 17.2. The molecule has 0 heterocycles. The molecule has 0 saturated carbocycles. The highest BCUT2D eigenvalue weighted by atomic mass is 35.5. The van der Waals surface area contributed by atoms with Crippen LogP contribution in [0.4, 0.5) is 0 Å². The third kappa shape index (κ3) is 7.41. The molecule has 6 heteroatoms. The van der Waals surface area contributed by atoms with Crippen molar-refractivity contribution >= 4 is 35.2 Å².